The van der Waals surface area contributed by atoms with E-state index in [-0.39, 0.29) is 23.4 Å². The number of anilines is 1. The van der Waals surface area contributed by atoms with E-state index in [1.165, 1.54) is 15.4 Å². The van der Waals surface area contributed by atoms with Crippen molar-refractivity contribution in [3.8, 4) is 0 Å². The van der Waals surface area contributed by atoms with Gasteiger partial charge in [0.2, 0.25) is 15.9 Å². The van der Waals surface area contributed by atoms with E-state index in [1.807, 2.05) is 7.05 Å². The summed E-state index contributed by atoms with van der Waals surface area (Å²) in [5.41, 5.74) is 3.30. The Bertz CT molecular complexity index is 999. The van der Waals surface area contributed by atoms with Gasteiger partial charge in [0.1, 0.15) is 0 Å². The first-order chi connectivity index (χ1) is 14.4. The van der Waals surface area contributed by atoms with E-state index in [4.69, 9.17) is 0 Å². The molecule has 1 aliphatic heterocycles. The third kappa shape index (κ3) is 4.43. The number of likely N-dealkylation sites (N-methyl/N-ethyl adjacent to an activating group) is 1. The van der Waals surface area contributed by atoms with Crippen molar-refractivity contribution in [2.24, 2.45) is 0 Å². The number of sulfonamides is 1. The molecule has 1 atom stereocenters. The highest BCUT2D eigenvalue weighted by atomic mass is 32.2. The van der Waals surface area contributed by atoms with Gasteiger partial charge in [0.05, 0.1) is 11.4 Å². The first kappa shape index (κ1) is 21.0. The molecule has 1 N–H and O–H groups in total. The standard InChI is InChI=1S/C23H29N3O3S/c1-25(22-10-6-8-18-7-2-3-9-21(18)22)17-23(27)24-19-11-13-20(14-12-19)30(28,29)26-15-4-5-16-26/h2-3,7,9,11-14,22H,4-6,8,10,15-17H2,1H3,(H,24,27)/t22-/m0/s1. The average molecular weight is 428 g/mol. The topological polar surface area (TPSA) is 69.7 Å². The minimum atomic E-state index is -3.43. The lowest BCUT2D eigenvalue weighted by molar-refractivity contribution is -0.117. The van der Waals surface area contributed by atoms with Gasteiger partial charge in [-0.05, 0) is 74.5 Å². The van der Waals surface area contributed by atoms with E-state index in [9.17, 15) is 13.2 Å². The number of benzene rings is 2. The Morgan fingerprint density at radius 1 is 1.07 bits per heavy atom. The van der Waals surface area contributed by atoms with Crippen molar-refractivity contribution in [1.29, 1.82) is 0 Å². The van der Waals surface area contributed by atoms with Gasteiger partial charge in [-0.1, -0.05) is 24.3 Å². The lowest BCUT2D eigenvalue weighted by Gasteiger charge is -2.32. The summed E-state index contributed by atoms with van der Waals surface area (Å²) in [6.45, 7) is 1.45. The smallest absolute Gasteiger partial charge is 0.243 e. The summed E-state index contributed by atoms with van der Waals surface area (Å²) < 4.78 is 26.8. The maximum atomic E-state index is 12.6. The Hall–Kier alpha value is -2.22. The fourth-order valence-electron chi connectivity index (χ4n) is 4.51. The highest BCUT2D eigenvalue weighted by Gasteiger charge is 2.27. The van der Waals surface area contributed by atoms with Crippen molar-refractivity contribution in [3.63, 3.8) is 0 Å². The van der Waals surface area contributed by atoms with Gasteiger partial charge >= 0.3 is 0 Å². The molecule has 7 heteroatoms. The van der Waals surface area contributed by atoms with Crippen molar-refractivity contribution in [2.75, 3.05) is 32.0 Å². The molecule has 1 amide bonds. The Kier molecular flexibility index (Phi) is 6.22. The molecule has 2 aromatic carbocycles. The van der Waals surface area contributed by atoms with E-state index in [0.29, 0.717) is 18.8 Å². The molecule has 0 bridgehead atoms. The normalized spacial score (nSPS) is 19.6. The minimum absolute atomic E-state index is 0.101. The summed E-state index contributed by atoms with van der Waals surface area (Å²) in [6.07, 6.45) is 5.09. The number of nitrogens with one attached hydrogen (secondary N) is 1. The maximum absolute atomic E-state index is 12.6. The zero-order valence-electron chi connectivity index (χ0n) is 17.4. The SMILES string of the molecule is CN(CC(=O)Nc1ccc(S(=O)(=O)N2CCCC2)cc1)[C@H]1CCCc2ccccc21. The van der Waals surface area contributed by atoms with Gasteiger partial charge in [-0.25, -0.2) is 8.42 Å². The summed E-state index contributed by atoms with van der Waals surface area (Å²) in [7, 11) is -1.45. The Labute approximate surface area is 178 Å². The number of aryl methyl sites for hydroxylation is 1. The average Bonchev–Trinajstić information content (AvgIpc) is 3.29. The van der Waals surface area contributed by atoms with Crippen LogP contribution >= 0.6 is 0 Å². The molecule has 0 radical (unpaired) electrons. The number of fused-ring (bicyclic) bond motifs is 1. The highest BCUT2D eigenvalue weighted by molar-refractivity contribution is 7.89. The summed E-state index contributed by atoms with van der Waals surface area (Å²) in [6, 6.07) is 15.2. The molecule has 1 aliphatic carbocycles. The molecule has 1 fully saturated rings. The van der Waals surface area contributed by atoms with Gasteiger partial charge in [0, 0.05) is 24.8 Å². The molecule has 6 nitrogen and oxygen atoms in total. The van der Waals surface area contributed by atoms with Crippen LogP contribution in [0.4, 0.5) is 5.69 Å². The summed E-state index contributed by atoms with van der Waals surface area (Å²) >= 11 is 0. The summed E-state index contributed by atoms with van der Waals surface area (Å²) in [5.74, 6) is -0.101. The second kappa shape index (κ2) is 8.88. The third-order valence-corrected chi connectivity index (χ3v) is 8.02. The van der Waals surface area contributed by atoms with E-state index in [1.54, 1.807) is 24.3 Å². The zero-order valence-corrected chi connectivity index (χ0v) is 18.2. The quantitative estimate of drug-likeness (QED) is 0.767. The van der Waals surface area contributed by atoms with Crippen molar-refractivity contribution in [2.45, 2.75) is 43.0 Å². The number of hydrogen-bond acceptors (Lipinski definition) is 4. The highest BCUT2D eigenvalue weighted by Crippen LogP contribution is 2.33. The van der Waals surface area contributed by atoms with Gasteiger partial charge in [0.25, 0.3) is 0 Å². The van der Waals surface area contributed by atoms with Crippen LogP contribution in [-0.4, -0.2) is 50.2 Å². The fourth-order valence-corrected chi connectivity index (χ4v) is 6.03. The summed E-state index contributed by atoms with van der Waals surface area (Å²) in [4.78, 5) is 15.0. The van der Waals surface area contributed by atoms with Gasteiger partial charge < -0.3 is 5.32 Å². The van der Waals surface area contributed by atoms with Gasteiger partial charge in [-0.15, -0.1) is 0 Å². The number of rotatable bonds is 6. The monoisotopic (exact) mass is 427 g/mol. The summed E-state index contributed by atoms with van der Waals surface area (Å²) in [5, 5.41) is 2.90. The van der Waals surface area contributed by atoms with Crippen LogP contribution in [-0.2, 0) is 21.2 Å². The van der Waals surface area contributed by atoms with Crippen LogP contribution in [0.1, 0.15) is 42.9 Å². The Balaban J connectivity index is 1.37. The molecule has 0 spiro atoms. The van der Waals surface area contributed by atoms with E-state index in [0.717, 1.165) is 32.1 Å². The van der Waals surface area contributed by atoms with Crippen LogP contribution in [0, 0.1) is 0 Å². The second-order valence-corrected chi connectivity index (χ2v) is 10.1. The van der Waals surface area contributed by atoms with E-state index < -0.39 is 10.0 Å². The van der Waals surface area contributed by atoms with Crippen LogP contribution < -0.4 is 5.32 Å². The minimum Gasteiger partial charge on any atom is -0.325 e. The second-order valence-electron chi connectivity index (χ2n) is 8.21. The van der Waals surface area contributed by atoms with Crippen molar-refractivity contribution < 1.29 is 13.2 Å². The van der Waals surface area contributed by atoms with Gasteiger partial charge in [-0.2, -0.15) is 4.31 Å². The largest absolute Gasteiger partial charge is 0.325 e. The number of amides is 1. The first-order valence-electron chi connectivity index (χ1n) is 10.6. The van der Waals surface area contributed by atoms with Gasteiger partial charge in [0.15, 0.2) is 0 Å². The molecular formula is C23H29N3O3S. The predicted molar refractivity (Wildman–Crippen MR) is 118 cm³/mol. The van der Waals surface area contributed by atoms with Crippen LogP contribution in [0.25, 0.3) is 0 Å². The molecule has 1 heterocycles. The van der Waals surface area contributed by atoms with Crippen LogP contribution in [0.2, 0.25) is 0 Å². The van der Waals surface area contributed by atoms with Gasteiger partial charge in [-0.3, -0.25) is 9.69 Å². The van der Waals surface area contributed by atoms with Crippen LogP contribution in [0.5, 0.6) is 0 Å². The van der Waals surface area contributed by atoms with Crippen molar-refractivity contribution in [3.05, 3.63) is 59.7 Å². The molecule has 2 aromatic rings. The molecule has 4 rings (SSSR count). The molecule has 30 heavy (non-hydrogen) atoms. The number of hydrogen-bond donors (Lipinski definition) is 1. The number of nitrogens with zero attached hydrogens (tertiary/aromatic N) is 2. The Morgan fingerprint density at radius 3 is 2.50 bits per heavy atom. The number of carbonyl (C=O) groups excluding carboxylic acids is 1. The van der Waals surface area contributed by atoms with Crippen LogP contribution in [0.3, 0.4) is 0 Å². The van der Waals surface area contributed by atoms with E-state index >= 15 is 0 Å². The number of carbonyl (C=O) groups is 1. The molecule has 0 aromatic heterocycles. The molecule has 2 aliphatic rings. The zero-order chi connectivity index (χ0) is 21.1. The molecular weight excluding hydrogens is 398 g/mol. The molecule has 0 saturated carbocycles. The molecule has 0 unspecified atom stereocenters. The molecule has 160 valence electrons. The van der Waals surface area contributed by atoms with Crippen molar-refractivity contribution >= 4 is 21.6 Å². The Morgan fingerprint density at radius 2 is 1.77 bits per heavy atom. The lowest BCUT2D eigenvalue weighted by Crippen LogP contribution is -2.34. The lowest BCUT2D eigenvalue weighted by atomic mass is 9.87. The van der Waals surface area contributed by atoms with E-state index in [2.05, 4.69) is 34.5 Å². The maximum Gasteiger partial charge on any atom is 0.243 e. The van der Waals surface area contributed by atoms with Crippen molar-refractivity contribution in [1.82, 2.24) is 9.21 Å². The fraction of sp³-hybridized carbons (Fsp3) is 0.435. The molecule has 1 saturated heterocycles. The first-order valence-corrected chi connectivity index (χ1v) is 12.1. The third-order valence-electron chi connectivity index (χ3n) is 6.10. The van der Waals surface area contributed by atoms with Crippen LogP contribution in [0.15, 0.2) is 53.4 Å². The predicted octanol–water partition coefficient (Wildman–Crippen LogP) is 3.42.